The van der Waals surface area contributed by atoms with Crippen molar-refractivity contribution in [1.29, 1.82) is 0 Å². The highest BCUT2D eigenvalue weighted by atomic mass is 35.5. The number of amides is 3. The molecule has 0 aromatic heterocycles. The van der Waals surface area contributed by atoms with Crippen molar-refractivity contribution in [2.24, 2.45) is 5.73 Å². The Morgan fingerprint density at radius 1 is 1.27 bits per heavy atom. The molecule has 1 fully saturated rings. The molecule has 30 heavy (non-hydrogen) atoms. The Labute approximate surface area is 180 Å². The van der Waals surface area contributed by atoms with Crippen LogP contribution in [-0.2, 0) is 24.4 Å². The molecule has 0 unspecified atom stereocenters. The molecule has 0 aliphatic carbocycles. The van der Waals surface area contributed by atoms with Crippen molar-refractivity contribution in [3.63, 3.8) is 0 Å². The molecule has 1 saturated heterocycles. The average molecular weight is 464 g/mol. The summed E-state index contributed by atoms with van der Waals surface area (Å²) in [7, 11) is -4.04. The minimum atomic E-state index is -4.04. The van der Waals surface area contributed by atoms with Crippen LogP contribution in [-0.4, -0.2) is 66.9 Å². The van der Waals surface area contributed by atoms with E-state index >= 15 is 0 Å². The average Bonchev–Trinajstić information content (AvgIpc) is 3.10. The highest BCUT2D eigenvalue weighted by Gasteiger charge is 2.44. The van der Waals surface area contributed by atoms with Gasteiger partial charge in [0, 0.05) is 12.6 Å². The number of nitrogens with one attached hydrogen (secondary N) is 3. The smallest absolute Gasteiger partial charge is 0.261 e. The third-order valence-electron chi connectivity index (χ3n) is 4.50. The van der Waals surface area contributed by atoms with Crippen LogP contribution in [0, 0.1) is 6.92 Å². The topological polar surface area (TPSA) is 171 Å². The number of nitrogens with two attached hydrogens (primary N) is 1. The summed E-state index contributed by atoms with van der Waals surface area (Å²) in [5.74, 6) is -1.96. The first-order valence-electron chi connectivity index (χ1n) is 8.91. The number of rotatable bonds is 7. The van der Waals surface area contributed by atoms with Gasteiger partial charge in [-0.2, -0.15) is 4.31 Å². The molecule has 1 aliphatic rings. The number of halogens is 1. The predicted molar refractivity (Wildman–Crippen MR) is 109 cm³/mol. The second-order valence-electron chi connectivity index (χ2n) is 6.89. The lowest BCUT2D eigenvalue weighted by atomic mass is 10.1. The minimum absolute atomic E-state index is 0. The number of hydrogen-bond acceptors (Lipinski definition) is 7. The minimum Gasteiger partial charge on any atom is -0.350 e. The molecule has 6 N–H and O–H groups in total. The Hall–Kier alpha value is -2.25. The maximum atomic E-state index is 13.0. The van der Waals surface area contributed by atoms with Crippen LogP contribution in [0.25, 0.3) is 0 Å². The molecule has 0 spiro atoms. The molecule has 168 valence electrons. The van der Waals surface area contributed by atoms with E-state index in [0.717, 1.165) is 9.87 Å². The SMILES string of the molecule is Cc1ccc(S(=O)(=O)N2C[C@@H](NC(=O)CNC(=O)[C@H](C)N)C[C@H]2C(=O)NO)cc1.Cl. The van der Waals surface area contributed by atoms with Gasteiger partial charge in [0.15, 0.2) is 0 Å². The monoisotopic (exact) mass is 463 g/mol. The summed E-state index contributed by atoms with van der Waals surface area (Å²) < 4.78 is 26.9. The number of benzene rings is 1. The Balaban J connectivity index is 0.00000450. The van der Waals surface area contributed by atoms with Gasteiger partial charge in [-0.05, 0) is 32.4 Å². The molecule has 13 heteroatoms. The van der Waals surface area contributed by atoms with Crippen molar-refractivity contribution in [2.75, 3.05) is 13.1 Å². The van der Waals surface area contributed by atoms with Gasteiger partial charge in [0.25, 0.3) is 5.91 Å². The van der Waals surface area contributed by atoms with Gasteiger partial charge >= 0.3 is 0 Å². The van der Waals surface area contributed by atoms with Gasteiger partial charge in [0.05, 0.1) is 17.5 Å². The van der Waals surface area contributed by atoms with Gasteiger partial charge in [-0.15, -0.1) is 12.4 Å². The molecule has 1 aliphatic heterocycles. The molecule has 11 nitrogen and oxygen atoms in total. The number of carbonyl (C=O) groups excluding carboxylic acids is 3. The van der Waals surface area contributed by atoms with E-state index in [1.54, 1.807) is 12.1 Å². The van der Waals surface area contributed by atoms with Crippen LogP contribution in [0.15, 0.2) is 29.2 Å². The first-order valence-corrected chi connectivity index (χ1v) is 10.4. The predicted octanol–water partition coefficient (Wildman–Crippen LogP) is -1.37. The fourth-order valence-electron chi connectivity index (χ4n) is 2.94. The van der Waals surface area contributed by atoms with E-state index < -0.39 is 45.9 Å². The van der Waals surface area contributed by atoms with Gasteiger partial charge < -0.3 is 16.4 Å². The second kappa shape index (κ2) is 10.7. The molecule has 0 saturated carbocycles. The fraction of sp³-hybridized carbons (Fsp3) is 0.471. The second-order valence-corrected chi connectivity index (χ2v) is 8.78. The third kappa shape index (κ3) is 6.12. The van der Waals surface area contributed by atoms with E-state index in [-0.39, 0.29) is 36.8 Å². The van der Waals surface area contributed by atoms with Crippen LogP contribution in [0.1, 0.15) is 18.9 Å². The van der Waals surface area contributed by atoms with E-state index in [4.69, 9.17) is 10.9 Å². The molecular weight excluding hydrogens is 438 g/mol. The largest absolute Gasteiger partial charge is 0.350 e. The van der Waals surface area contributed by atoms with Crippen molar-refractivity contribution in [2.45, 2.75) is 43.3 Å². The van der Waals surface area contributed by atoms with Gasteiger partial charge in [0.2, 0.25) is 21.8 Å². The maximum Gasteiger partial charge on any atom is 0.261 e. The van der Waals surface area contributed by atoms with Crippen LogP contribution >= 0.6 is 12.4 Å². The molecular formula is C17H26ClN5O6S. The molecule has 1 heterocycles. The molecule has 0 radical (unpaired) electrons. The summed E-state index contributed by atoms with van der Waals surface area (Å²) >= 11 is 0. The Bertz CT molecular complexity index is 877. The van der Waals surface area contributed by atoms with Crippen molar-refractivity contribution in [3.05, 3.63) is 29.8 Å². The number of hydroxylamine groups is 1. The summed E-state index contributed by atoms with van der Waals surface area (Å²) in [5.41, 5.74) is 7.73. The van der Waals surface area contributed by atoms with Gasteiger partial charge in [0.1, 0.15) is 6.04 Å². The molecule has 0 bridgehead atoms. The number of carbonyl (C=O) groups is 3. The zero-order chi connectivity index (χ0) is 21.8. The van der Waals surface area contributed by atoms with Crippen molar-refractivity contribution in [3.8, 4) is 0 Å². The standard InChI is InChI=1S/C17H25N5O6S.ClH/c1-10-3-5-13(6-4-10)29(27,28)22-9-12(7-14(22)17(25)21-26)20-15(23)8-19-16(24)11(2)18;/h3-6,11-12,14,26H,7-9,18H2,1-2H3,(H,19,24)(H,20,23)(H,21,25);1H/t11-,12-,14-;/m0./s1. The van der Waals surface area contributed by atoms with Crippen LogP contribution in [0.5, 0.6) is 0 Å². The van der Waals surface area contributed by atoms with E-state index in [1.165, 1.54) is 24.5 Å². The van der Waals surface area contributed by atoms with Gasteiger partial charge in [-0.1, -0.05) is 17.7 Å². The molecule has 2 rings (SSSR count). The Kier molecular flexibility index (Phi) is 9.18. The lowest BCUT2D eigenvalue weighted by Crippen LogP contribution is -2.46. The number of sulfonamides is 1. The summed E-state index contributed by atoms with van der Waals surface area (Å²) in [6, 6.07) is 3.45. The third-order valence-corrected chi connectivity index (χ3v) is 6.39. The molecule has 3 amide bonds. The highest BCUT2D eigenvalue weighted by molar-refractivity contribution is 7.89. The van der Waals surface area contributed by atoms with E-state index in [9.17, 15) is 22.8 Å². The Morgan fingerprint density at radius 2 is 1.87 bits per heavy atom. The normalized spacial score (nSPS) is 20.0. The lowest BCUT2D eigenvalue weighted by molar-refractivity contribution is -0.132. The number of hydrogen-bond donors (Lipinski definition) is 5. The first-order chi connectivity index (χ1) is 13.6. The maximum absolute atomic E-state index is 13.0. The summed E-state index contributed by atoms with van der Waals surface area (Å²) in [6.45, 7) is 2.78. The summed E-state index contributed by atoms with van der Waals surface area (Å²) in [5, 5.41) is 13.9. The quantitative estimate of drug-likeness (QED) is 0.245. The lowest BCUT2D eigenvalue weighted by Gasteiger charge is -2.22. The Morgan fingerprint density at radius 3 is 2.40 bits per heavy atom. The van der Waals surface area contributed by atoms with Crippen LogP contribution < -0.4 is 21.8 Å². The molecule has 1 aromatic rings. The van der Waals surface area contributed by atoms with E-state index in [1.807, 2.05) is 6.92 Å². The molecule has 1 aromatic carbocycles. The van der Waals surface area contributed by atoms with Crippen molar-refractivity contribution in [1.82, 2.24) is 20.4 Å². The van der Waals surface area contributed by atoms with E-state index in [2.05, 4.69) is 10.6 Å². The van der Waals surface area contributed by atoms with Crippen LogP contribution in [0.3, 0.4) is 0 Å². The zero-order valence-corrected chi connectivity index (χ0v) is 18.1. The first kappa shape index (κ1) is 25.8. The fourth-order valence-corrected chi connectivity index (χ4v) is 4.59. The van der Waals surface area contributed by atoms with Crippen molar-refractivity contribution < 1.29 is 28.0 Å². The number of nitrogens with zero attached hydrogens (tertiary/aromatic N) is 1. The van der Waals surface area contributed by atoms with Crippen LogP contribution in [0.4, 0.5) is 0 Å². The zero-order valence-electron chi connectivity index (χ0n) is 16.5. The summed E-state index contributed by atoms with van der Waals surface area (Å²) in [6.07, 6.45) is -0.0372. The molecule has 3 atom stereocenters. The van der Waals surface area contributed by atoms with E-state index in [0.29, 0.717) is 0 Å². The number of aryl methyl sites for hydroxylation is 1. The summed E-state index contributed by atoms with van der Waals surface area (Å²) in [4.78, 5) is 35.5. The van der Waals surface area contributed by atoms with Crippen LogP contribution in [0.2, 0.25) is 0 Å². The van der Waals surface area contributed by atoms with Gasteiger partial charge in [-0.25, -0.2) is 13.9 Å². The van der Waals surface area contributed by atoms with Crippen molar-refractivity contribution >= 4 is 40.2 Å². The van der Waals surface area contributed by atoms with Gasteiger partial charge in [-0.3, -0.25) is 19.6 Å². The highest BCUT2D eigenvalue weighted by Crippen LogP contribution is 2.26.